The molecule has 3 N–H and O–H groups in total. The number of fused-ring (bicyclic) bond motifs is 3. The molecule has 3 fully saturated rings. The first-order valence-corrected chi connectivity index (χ1v) is 22.4. The zero-order chi connectivity index (χ0) is 41.3. The number of benzene rings is 3. The number of anilines is 2. The summed E-state index contributed by atoms with van der Waals surface area (Å²) in [5.74, 6) is 0.286. The summed E-state index contributed by atoms with van der Waals surface area (Å²) in [6.07, 6.45) is 7.52. The van der Waals surface area contributed by atoms with Crippen LogP contribution in [-0.4, -0.2) is 81.7 Å². The zero-order valence-corrected chi connectivity index (χ0v) is 34.4. The smallest absolute Gasteiger partial charge is 0.237 e. The van der Waals surface area contributed by atoms with Gasteiger partial charge in [0.1, 0.15) is 22.7 Å². The number of hydrogen-bond acceptors (Lipinski definition) is 12. The highest BCUT2D eigenvalue weighted by Crippen LogP contribution is 2.44. The molecule has 5 heterocycles. The molecule has 3 aromatic carbocycles. The maximum Gasteiger partial charge on any atom is 0.237 e. The number of aliphatic hydroxyl groups is 1. The zero-order valence-electron chi connectivity index (χ0n) is 33.6. The second-order valence-corrected chi connectivity index (χ2v) is 18.8. The van der Waals surface area contributed by atoms with Gasteiger partial charge in [0.25, 0.3) is 0 Å². The summed E-state index contributed by atoms with van der Waals surface area (Å²) >= 11 is 0. The Morgan fingerprint density at radius 2 is 1.77 bits per heavy atom. The lowest BCUT2D eigenvalue weighted by Gasteiger charge is -2.24. The van der Waals surface area contributed by atoms with E-state index in [2.05, 4.69) is 62.9 Å². The van der Waals surface area contributed by atoms with Crippen molar-refractivity contribution < 1.29 is 22.7 Å². The number of nitrogens with one attached hydrogen (secondary N) is 2. The van der Waals surface area contributed by atoms with E-state index in [4.69, 9.17) is 14.4 Å². The average molecular weight is 823 g/mol. The van der Waals surface area contributed by atoms with Crippen molar-refractivity contribution in [2.75, 3.05) is 31.5 Å². The first-order chi connectivity index (χ1) is 29.0. The first-order valence-electron chi connectivity index (χ1n) is 20.8. The minimum absolute atomic E-state index is 0.00336. The number of hydrogen-bond donors (Lipinski definition) is 3. The lowest BCUT2D eigenvalue weighted by molar-refractivity contribution is -0.122. The predicted molar refractivity (Wildman–Crippen MR) is 229 cm³/mol. The number of amides is 1. The van der Waals surface area contributed by atoms with E-state index in [1.807, 2.05) is 42.6 Å². The van der Waals surface area contributed by atoms with E-state index in [0.717, 1.165) is 87.0 Å². The van der Waals surface area contributed by atoms with Gasteiger partial charge in [-0.25, -0.2) is 18.4 Å². The third-order valence-corrected chi connectivity index (χ3v) is 14.8. The Bertz CT molecular complexity index is 2870. The molecule has 13 nitrogen and oxygen atoms in total. The van der Waals surface area contributed by atoms with Crippen LogP contribution in [0.4, 0.5) is 11.5 Å². The number of nitrogens with zero attached hydrogens (tertiary/aromatic N) is 6. The maximum absolute atomic E-state index is 13.0. The van der Waals surface area contributed by atoms with Crippen LogP contribution < -0.4 is 10.0 Å². The molecule has 2 aliphatic heterocycles. The number of rotatable bonds is 10. The molecule has 0 unspecified atom stereocenters. The predicted octanol–water partition coefficient (Wildman–Crippen LogP) is 6.82. The van der Waals surface area contributed by atoms with Crippen molar-refractivity contribution in [3.8, 4) is 28.7 Å². The largest absolute Gasteiger partial charge is 0.435 e. The van der Waals surface area contributed by atoms with Gasteiger partial charge in [0.15, 0.2) is 11.4 Å². The molecule has 0 bridgehead atoms. The van der Waals surface area contributed by atoms with Gasteiger partial charge in [-0.3, -0.25) is 24.3 Å². The van der Waals surface area contributed by atoms with Crippen LogP contribution in [0.5, 0.6) is 0 Å². The number of pyridine rings is 2. The number of carbonyl (C=O) groups is 1. The van der Waals surface area contributed by atoms with E-state index >= 15 is 0 Å². The van der Waals surface area contributed by atoms with Crippen LogP contribution in [0.15, 0.2) is 71.4 Å². The Hall–Kier alpha value is -5.72. The van der Waals surface area contributed by atoms with Crippen LogP contribution >= 0.6 is 0 Å². The summed E-state index contributed by atoms with van der Waals surface area (Å²) in [5, 5.41) is 24.5. The lowest BCUT2D eigenvalue weighted by atomic mass is 9.93. The quantitative estimate of drug-likeness (QED) is 0.132. The Kier molecular flexibility index (Phi) is 9.67. The van der Waals surface area contributed by atoms with Gasteiger partial charge in [-0.15, -0.1) is 0 Å². The normalized spacial score (nSPS) is 20.8. The van der Waals surface area contributed by atoms with Gasteiger partial charge in [-0.1, -0.05) is 24.3 Å². The third kappa shape index (κ3) is 6.99. The van der Waals surface area contributed by atoms with E-state index in [9.17, 15) is 23.6 Å². The highest BCUT2D eigenvalue weighted by atomic mass is 32.2. The van der Waals surface area contributed by atoms with Crippen LogP contribution in [0.1, 0.15) is 71.5 Å². The van der Waals surface area contributed by atoms with Crippen molar-refractivity contribution in [1.29, 1.82) is 5.26 Å². The third-order valence-electron chi connectivity index (χ3n) is 12.9. The van der Waals surface area contributed by atoms with Crippen LogP contribution in [0.2, 0.25) is 0 Å². The molecular formula is C46H46N8O5S. The van der Waals surface area contributed by atoms with Crippen molar-refractivity contribution in [2.45, 2.75) is 76.3 Å². The van der Waals surface area contributed by atoms with E-state index in [1.165, 1.54) is 0 Å². The van der Waals surface area contributed by atoms with Gasteiger partial charge < -0.3 is 14.8 Å². The standard InChI is InChI=1S/C46H46N8O5S/c1-26-33(34-6-4-8-39(27(34)2)50-44-42-29(13-16-48-44)19-28(22-49-42)23-53-17-15-31(55)25-53)5-3-7-35(26)46-51-40-20-37-36(38(21-47)43(40)59-46)11-12-41(37)54-18-14-30(24-54)45(56)52-60(57,58)32-9-10-32/h3-8,13,16,19-20,22,30-32,41,55H,9-12,14-15,17-18,23-25H2,1-2H3,(H,48,50)(H,52,56)/t30-,31-,41-/m1/s1. The van der Waals surface area contributed by atoms with Crippen molar-refractivity contribution in [3.05, 3.63) is 100 Å². The summed E-state index contributed by atoms with van der Waals surface area (Å²) in [6.45, 7) is 7.59. The van der Waals surface area contributed by atoms with E-state index < -0.39 is 27.1 Å². The molecule has 10 rings (SSSR count). The molecule has 6 aromatic rings. The lowest BCUT2D eigenvalue weighted by Crippen LogP contribution is -2.38. The molecule has 2 aliphatic carbocycles. The van der Waals surface area contributed by atoms with Crippen LogP contribution in [0, 0.1) is 31.1 Å². The van der Waals surface area contributed by atoms with Gasteiger partial charge in [-0.2, -0.15) is 5.26 Å². The minimum atomic E-state index is -3.60. The molecule has 4 aliphatic rings. The number of aliphatic hydroxyl groups excluding tert-OH is 1. The van der Waals surface area contributed by atoms with Gasteiger partial charge in [-0.05, 0) is 128 Å². The summed E-state index contributed by atoms with van der Waals surface area (Å²) in [4.78, 5) is 31.9. The minimum Gasteiger partial charge on any atom is -0.435 e. The fourth-order valence-electron chi connectivity index (χ4n) is 9.56. The monoisotopic (exact) mass is 822 g/mol. The average Bonchev–Trinajstić information content (AvgIpc) is 3.50. The van der Waals surface area contributed by atoms with Crippen LogP contribution in [0.3, 0.4) is 0 Å². The van der Waals surface area contributed by atoms with Gasteiger partial charge >= 0.3 is 0 Å². The highest BCUT2D eigenvalue weighted by molar-refractivity contribution is 7.90. The van der Waals surface area contributed by atoms with E-state index in [-0.39, 0.29) is 12.1 Å². The summed E-state index contributed by atoms with van der Waals surface area (Å²) in [5.41, 5.74) is 11.3. The fraction of sp³-hybridized carbons (Fsp3) is 0.370. The second-order valence-electron chi connectivity index (χ2n) is 16.9. The fourth-order valence-corrected chi connectivity index (χ4v) is 10.9. The maximum atomic E-state index is 13.0. The molecule has 3 aromatic heterocycles. The number of sulfonamides is 1. The molecule has 0 spiro atoms. The number of likely N-dealkylation sites (tertiary alicyclic amines) is 2. The van der Waals surface area contributed by atoms with Crippen molar-refractivity contribution in [3.63, 3.8) is 0 Å². The molecule has 3 atom stereocenters. The first kappa shape index (κ1) is 38.5. The second kappa shape index (κ2) is 15.1. The Balaban J connectivity index is 0.908. The van der Waals surface area contributed by atoms with Gasteiger partial charge in [0, 0.05) is 61.3 Å². The Morgan fingerprint density at radius 3 is 2.55 bits per heavy atom. The molecular weight excluding hydrogens is 777 g/mol. The summed E-state index contributed by atoms with van der Waals surface area (Å²) in [7, 11) is -3.60. The van der Waals surface area contributed by atoms with Crippen molar-refractivity contribution in [2.24, 2.45) is 5.92 Å². The molecule has 2 saturated heterocycles. The number of oxazole rings is 1. The highest BCUT2D eigenvalue weighted by Gasteiger charge is 2.41. The summed E-state index contributed by atoms with van der Waals surface area (Å²) < 4.78 is 33.7. The van der Waals surface area contributed by atoms with Gasteiger partial charge in [0.05, 0.1) is 17.3 Å². The molecule has 0 radical (unpaired) electrons. The Labute approximate surface area is 348 Å². The number of β-amino-alcohol motifs (C(OH)–C–C–N with tert-alkyl or cyclic N) is 1. The SMILES string of the molecule is Cc1c(Nc2nccc3cc(CN4CC[C@@H](O)C4)cnc23)cccc1-c1cccc(-c2nc3cc4c(c(C#N)c3o2)CC[C@H]4N2CC[C@@H](C(=O)NS(=O)(=O)C3CC3)C2)c1C. The van der Waals surface area contributed by atoms with E-state index in [0.29, 0.717) is 73.7 Å². The van der Waals surface area contributed by atoms with Crippen molar-refractivity contribution in [1.82, 2.24) is 29.5 Å². The molecule has 1 amide bonds. The Morgan fingerprint density at radius 1 is 0.967 bits per heavy atom. The molecule has 60 heavy (non-hydrogen) atoms. The topological polar surface area (TPSA) is 178 Å². The number of nitriles is 1. The number of aromatic nitrogens is 3. The van der Waals surface area contributed by atoms with Gasteiger partial charge in [0.2, 0.25) is 21.8 Å². The van der Waals surface area contributed by atoms with Crippen LogP contribution in [-0.2, 0) is 27.8 Å². The molecule has 14 heteroatoms. The van der Waals surface area contributed by atoms with E-state index in [1.54, 1.807) is 6.20 Å². The summed E-state index contributed by atoms with van der Waals surface area (Å²) in [6, 6.07) is 20.8. The number of carbonyl (C=O) groups excluding carboxylic acids is 1. The van der Waals surface area contributed by atoms with Crippen molar-refractivity contribution >= 4 is 49.4 Å². The molecule has 1 saturated carbocycles. The van der Waals surface area contributed by atoms with Crippen LogP contribution in [0.25, 0.3) is 44.6 Å². The molecule has 306 valence electrons.